The lowest BCUT2D eigenvalue weighted by atomic mass is 9.99. The Morgan fingerprint density at radius 1 is 1.41 bits per heavy atom. The smallest absolute Gasteiger partial charge is 0.134 e. The van der Waals surface area contributed by atoms with Crippen LogP contribution in [0.25, 0.3) is 0 Å². The number of carbonyl (C=O) groups is 1. The van der Waals surface area contributed by atoms with E-state index in [2.05, 4.69) is 12.6 Å². The normalized spacial score (nSPS) is 14.4. The number of aliphatic hydroxyl groups excluding tert-OH is 2. The van der Waals surface area contributed by atoms with Gasteiger partial charge in [-0.25, -0.2) is 0 Å². The molecule has 0 fully saturated rings. The summed E-state index contributed by atoms with van der Waals surface area (Å²) < 4.78 is 0. The fourth-order valence-electron chi connectivity index (χ4n) is 1.69. The van der Waals surface area contributed by atoms with Crippen molar-refractivity contribution < 1.29 is 15.0 Å². The molecule has 2 unspecified atom stereocenters. The topological polar surface area (TPSA) is 57.5 Å². The zero-order valence-electron chi connectivity index (χ0n) is 9.84. The summed E-state index contributed by atoms with van der Waals surface area (Å²) in [5, 5.41) is 19.6. The Balaban J connectivity index is 2.79. The van der Waals surface area contributed by atoms with Crippen LogP contribution in [-0.4, -0.2) is 27.9 Å². The van der Waals surface area contributed by atoms with Crippen LogP contribution in [-0.2, 0) is 11.2 Å². The van der Waals surface area contributed by atoms with E-state index in [4.69, 9.17) is 0 Å². The van der Waals surface area contributed by atoms with Gasteiger partial charge in [0.05, 0.1) is 6.10 Å². The SMILES string of the molecule is CC(=O)Cc1cccc(C(O)C(O)CCS)c1. The van der Waals surface area contributed by atoms with Crippen molar-refractivity contribution in [3.05, 3.63) is 35.4 Å². The van der Waals surface area contributed by atoms with Gasteiger partial charge in [0.15, 0.2) is 0 Å². The Kier molecular flexibility index (Phi) is 5.68. The molecule has 0 heterocycles. The van der Waals surface area contributed by atoms with Gasteiger partial charge in [0, 0.05) is 6.42 Å². The molecule has 0 spiro atoms. The molecule has 1 aromatic rings. The second-order valence-corrected chi connectivity index (χ2v) is 4.60. The van der Waals surface area contributed by atoms with Gasteiger partial charge >= 0.3 is 0 Å². The van der Waals surface area contributed by atoms with Gasteiger partial charge in [0.1, 0.15) is 11.9 Å². The predicted molar refractivity (Wildman–Crippen MR) is 70.3 cm³/mol. The Bertz CT molecular complexity index is 379. The zero-order valence-corrected chi connectivity index (χ0v) is 10.7. The van der Waals surface area contributed by atoms with Crippen molar-refractivity contribution in [1.29, 1.82) is 0 Å². The van der Waals surface area contributed by atoms with Gasteiger partial charge in [-0.1, -0.05) is 24.3 Å². The molecule has 0 aliphatic heterocycles. The lowest BCUT2D eigenvalue weighted by Gasteiger charge is -2.17. The number of aliphatic hydroxyl groups is 2. The Hall–Kier alpha value is -0.840. The first-order valence-corrected chi connectivity index (χ1v) is 6.23. The van der Waals surface area contributed by atoms with Gasteiger partial charge in [-0.05, 0) is 30.2 Å². The van der Waals surface area contributed by atoms with Gasteiger partial charge in [-0.15, -0.1) is 0 Å². The van der Waals surface area contributed by atoms with Crippen molar-refractivity contribution in [3.63, 3.8) is 0 Å². The molecule has 0 saturated carbocycles. The molecular formula is C13H18O3S. The van der Waals surface area contributed by atoms with Crippen LogP contribution in [0.15, 0.2) is 24.3 Å². The monoisotopic (exact) mass is 254 g/mol. The molecule has 0 bridgehead atoms. The molecule has 2 N–H and O–H groups in total. The minimum Gasteiger partial charge on any atom is -0.390 e. The third-order valence-electron chi connectivity index (χ3n) is 2.53. The third kappa shape index (κ3) is 4.50. The summed E-state index contributed by atoms with van der Waals surface area (Å²) in [6, 6.07) is 7.12. The lowest BCUT2D eigenvalue weighted by molar-refractivity contribution is -0.116. The summed E-state index contributed by atoms with van der Waals surface area (Å²) in [6.45, 7) is 1.53. The second-order valence-electron chi connectivity index (χ2n) is 4.15. The highest BCUT2D eigenvalue weighted by atomic mass is 32.1. The summed E-state index contributed by atoms with van der Waals surface area (Å²) in [6.07, 6.45) is -0.959. The number of ketones is 1. The molecule has 17 heavy (non-hydrogen) atoms. The summed E-state index contributed by atoms with van der Waals surface area (Å²) in [5.74, 6) is 0.596. The van der Waals surface area contributed by atoms with Crippen LogP contribution >= 0.6 is 12.6 Å². The summed E-state index contributed by atoms with van der Waals surface area (Å²) >= 11 is 4.02. The Morgan fingerprint density at radius 2 is 2.12 bits per heavy atom. The number of rotatable bonds is 6. The van der Waals surface area contributed by atoms with Crippen LogP contribution in [0.3, 0.4) is 0 Å². The lowest BCUT2D eigenvalue weighted by Crippen LogP contribution is -2.18. The summed E-state index contributed by atoms with van der Waals surface area (Å²) in [7, 11) is 0. The molecule has 0 aromatic heterocycles. The standard InChI is InChI=1S/C13H18O3S/c1-9(14)7-10-3-2-4-11(8-10)13(16)12(15)5-6-17/h2-4,8,12-13,15-17H,5-7H2,1H3. The van der Waals surface area contributed by atoms with E-state index in [1.54, 1.807) is 18.2 Å². The third-order valence-corrected chi connectivity index (χ3v) is 2.79. The zero-order chi connectivity index (χ0) is 12.8. The minimum absolute atomic E-state index is 0.0764. The summed E-state index contributed by atoms with van der Waals surface area (Å²) in [5.41, 5.74) is 1.49. The number of thiol groups is 1. The van der Waals surface area contributed by atoms with E-state index in [0.717, 1.165) is 5.56 Å². The minimum atomic E-state index is -0.922. The molecule has 2 atom stereocenters. The Labute approximate surface area is 107 Å². The molecular weight excluding hydrogens is 236 g/mol. The van der Waals surface area contributed by atoms with Crippen molar-refractivity contribution in [2.75, 3.05) is 5.75 Å². The highest BCUT2D eigenvalue weighted by Crippen LogP contribution is 2.20. The van der Waals surface area contributed by atoms with Crippen molar-refractivity contribution in [2.24, 2.45) is 0 Å². The highest BCUT2D eigenvalue weighted by Gasteiger charge is 2.17. The largest absolute Gasteiger partial charge is 0.390 e. The van der Waals surface area contributed by atoms with Crippen molar-refractivity contribution in [1.82, 2.24) is 0 Å². The first-order chi connectivity index (χ1) is 8.04. The summed E-state index contributed by atoms with van der Waals surface area (Å²) in [4.78, 5) is 11.0. The van der Waals surface area contributed by atoms with Crippen molar-refractivity contribution in [2.45, 2.75) is 32.0 Å². The molecule has 4 heteroatoms. The number of benzene rings is 1. The fourth-order valence-corrected chi connectivity index (χ4v) is 1.95. The van der Waals surface area contributed by atoms with Gasteiger partial charge in [0.2, 0.25) is 0 Å². The maximum atomic E-state index is 11.0. The average molecular weight is 254 g/mol. The number of hydrogen-bond acceptors (Lipinski definition) is 4. The molecule has 1 aromatic carbocycles. The number of Topliss-reactive ketones (excluding diaryl/α,β-unsaturated/α-hetero) is 1. The van der Waals surface area contributed by atoms with E-state index in [9.17, 15) is 15.0 Å². The molecule has 0 saturated heterocycles. The predicted octanol–water partition coefficient (Wildman–Crippen LogP) is 1.53. The van der Waals surface area contributed by atoms with Gasteiger partial charge in [-0.3, -0.25) is 4.79 Å². The van der Waals surface area contributed by atoms with E-state index in [-0.39, 0.29) is 5.78 Å². The van der Waals surface area contributed by atoms with Gasteiger partial charge in [-0.2, -0.15) is 12.6 Å². The van der Waals surface area contributed by atoms with E-state index >= 15 is 0 Å². The first kappa shape index (κ1) is 14.2. The van der Waals surface area contributed by atoms with Gasteiger partial charge < -0.3 is 10.2 Å². The molecule has 0 aliphatic rings. The van der Waals surface area contributed by atoms with E-state index in [1.165, 1.54) is 6.92 Å². The van der Waals surface area contributed by atoms with Crippen molar-refractivity contribution >= 4 is 18.4 Å². The van der Waals surface area contributed by atoms with Crippen LogP contribution < -0.4 is 0 Å². The molecule has 1 rings (SSSR count). The molecule has 0 amide bonds. The average Bonchev–Trinajstić information content (AvgIpc) is 2.28. The quantitative estimate of drug-likeness (QED) is 0.675. The van der Waals surface area contributed by atoms with Crippen LogP contribution in [0, 0.1) is 0 Å². The fraction of sp³-hybridized carbons (Fsp3) is 0.462. The van der Waals surface area contributed by atoms with Crippen LogP contribution in [0.2, 0.25) is 0 Å². The van der Waals surface area contributed by atoms with Crippen molar-refractivity contribution in [3.8, 4) is 0 Å². The van der Waals surface area contributed by atoms with Crippen LogP contribution in [0.5, 0.6) is 0 Å². The van der Waals surface area contributed by atoms with E-state index < -0.39 is 12.2 Å². The van der Waals surface area contributed by atoms with E-state index in [1.807, 2.05) is 6.07 Å². The first-order valence-electron chi connectivity index (χ1n) is 5.60. The Morgan fingerprint density at radius 3 is 2.71 bits per heavy atom. The number of carbonyl (C=O) groups excluding carboxylic acids is 1. The highest BCUT2D eigenvalue weighted by molar-refractivity contribution is 7.80. The molecule has 3 nitrogen and oxygen atoms in total. The second kappa shape index (κ2) is 6.79. The van der Waals surface area contributed by atoms with Gasteiger partial charge in [0.25, 0.3) is 0 Å². The van der Waals surface area contributed by atoms with Crippen LogP contribution in [0.4, 0.5) is 0 Å². The maximum absolute atomic E-state index is 11.0. The molecule has 0 aliphatic carbocycles. The van der Waals surface area contributed by atoms with Crippen LogP contribution in [0.1, 0.15) is 30.6 Å². The van der Waals surface area contributed by atoms with E-state index in [0.29, 0.717) is 24.2 Å². The molecule has 0 radical (unpaired) electrons. The number of hydrogen-bond donors (Lipinski definition) is 3. The molecule has 94 valence electrons. The maximum Gasteiger partial charge on any atom is 0.134 e.